The molecule has 0 N–H and O–H groups in total. The number of pyridine rings is 1. The zero-order valence-corrected chi connectivity index (χ0v) is 11.8. The number of rotatable bonds is 3. The predicted molar refractivity (Wildman–Crippen MR) is 72.1 cm³/mol. The van der Waals surface area contributed by atoms with E-state index in [9.17, 15) is 5.26 Å². The van der Waals surface area contributed by atoms with Crippen LogP contribution in [0.4, 0.5) is 0 Å². The van der Waals surface area contributed by atoms with E-state index in [1.54, 1.807) is 7.11 Å². The average Bonchev–Trinajstić information content (AvgIpc) is 2.38. The van der Waals surface area contributed by atoms with Crippen LogP contribution in [-0.2, 0) is 4.74 Å². The Bertz CT molecular complexity index is 494. The van der Waals surface area contributed by atoms with E-state index in [1.165, 1.54) is 0 Å². The summed E-state index contributed by atoms with van der Waals surface area (Å²) >= 11 is 0. The van der Waals surface area contributed by atoms with Gasteiger partial charge in [-0.1, -0.05) is 0 Å². The van der Waals surface area contributed by atoms with Crippen molar-refractivity contribution in [2.24, 2.45) is 0 Å². The van der Waals surface area contributed by atoms with Crippen molar-refractivity contribution in [3.05, 3.63) is 22.9 Å². The fourth-order valence-corrected chi connectivity index (χ4v) is 2.60. The molecule has 0 radical (unpaired) electrons. The summed E-state index contributed by atoms with van der Waals surface area (Å²) in [5.74, 6) is 0.474. The third-order valence-corrected chi connectivity index (χ3v) is 3.61. The highest BCUT2D eigenvalue weighted by atomic mass is 16.5. The van der Waals surface area contributed by atoms with Crippen LogP contribution in [0.3, 0.4) is 0 Å². The first-order valence-corrected chi connectivity index (χ1v) is 6.71. The summed E-state index contributed by atoms with van der Waals surface area (Å²) in [5.41, 5.74) is 2.35. The second kappa shape index (κ2) is 6.03. The molecule has 1 aromatic heterocycles. The fraction of sp³-hybridized carbons (Fsp3) is 0.600. The summed E-state index contributed by atoms with van der Waals surface area (Å²) in [6, 6.07) is 4.09. The summed E-state index contributed by atoms with van der Waals surface area (Å²) in [6.07, 6.45) is 4.40. The number of aryl methyl sites for hydroxylation is 2. The van der Waals surface area contributed by atoms with Gasteiger partial charge in [0.1, 0.15) is 17.7 Å². The zero-order chi connectivity index (χ0) is 13.8. The Morgan fingerprint density at radius 3 is 2.74 bits per heavy atom. The topological polar surface area (TPSA) is 55.1 Å². The third-order valence-electron chi connectivity index (χ3n) is 3.61. The van der Waals surface area contributed by atoms with E-state index in [2.05, 4.69) is 11.1 Å². The summed E-state index contributed by atoms with van der Waals surface area (Å²) < 4.78 is 11.4. The largest absolute Gasteiger partial charge is 0.473 e. The molecule has 2 atom stereocenters. The van der Waals surface area contributed by atoms with Gasteiger partial charge in [-0.15, -0.1) is 0 Å². The summed E-state index contributed by atoms with van der Waals surface area (Å²) in [4.78, 5) is 4.36. The van der Waals surface area contributed by atoms with Crippen LogP contribution in [0.25, 0.3) is 0 Å². The molecule has 102 valence electrons. The van der Waals surface area contributed by atoms with Crippen LogP contribution in [0.2, 0.25) is 0 Å². The number of methoxy groups -OCH3 is 1. The van der Waals surface area contributed by atoms with Gasteiger partial charge in [0.05, 0.1) is 6.10 Å². The maximum atomic E-state index is 9.22. The van der Waals surface area contributed by atoms with Crippen molar-refractivity contribution in [2.75, 3.05) is 7.11 Å². The van der Waals surface area contributed by atoms with E-state index in [-0.39, 0.29) is 12.2 Å². The Balaban J connectivity index is 2.17. The summed E-state index contributed by atoms with van der Waals surface area (Å²) in [5, 5.41) is 9.22. The van der Waals surface area contributed by atoms with Gasteiger partial charge in [0, 0.05) is 19.2 Å². The summed E-state index contributed by atoms with van der Waals surface area (Å²) in [6.45, 7) is 3.83. The average molecular weight is 260 g/mol. The normalized spacial score (nSPS) is 22.8. The van der Waals surface area contributed by atoms with Gasteiger partial charge in [-0.25, -0.2) is 4.98 Å². The second-order valence-electron chi connectivity index (χ2n) is 5.14. The molecule has 0 spiro atoms. The second-order valence-corrected chi connectivity index (χ2v) is 5.14. The first-order chi connectivity index (χ1) is 9.13. The monoisotopic (exact) mass is 260 g/mol. The van der Waals surface area contributed by atoms with Crippen molar-refractivity contribution in [3.63, 3.8) is 0 Å². The molecule has 1 fully saturated rings. The van der Waals surface area contributed by atoms with Gasteiger partial charge in [0.25, 0.3) is 0 Å². The SMILES string of the molecule is COC1CCCC(Oc2nc(C)cc(C)c2C#N)C1. The standard InChI is InChI=1S/C15H20N2O2/c1-10-7-11(2)17-15(14(10)9-16)19-13-6-4-5-12(8-13)18-3/h7,12-13H,4-6,8H2,1-3H3. The molecule has 1 aliphatic carbocycles. The van der Waals surface area contributed by atoms with E-state index in [1.807, 2.05) is 19.9 Å². The molecule has 2 unspecified atom stereocenters. The lowest BCUT2D eigenvalue weighted by Gasteiger charge is -2.28. The highest BCUT2D eigenvalue weighted by Crippen LogP contribution is 2.27. The van der Waals surface area contributed by atoms with E-state index >= 15 is 0 Å². The van der Waals surface area contributed by atoms with E-state index in [0.29, 0.717) is 11.4 Å². The fourth-order valence-electron chi connectivity index (χ4n) is 2.60. The van der Waals surface area contributed by atoms with Crippen LogP contribution in [0.5, 0.6) is 5.88 Å². The molecule has 0 bridgehead atoms. The van der Waals surface area contributed by atoms with Crippen molar-refractivity contribution in [1.29, 1.82) is 5.26 Å². The molecule has 0 saturated heterocycles. The molecule has 4 nitrogen and oxygen atoms in total. The maximum absolute atomic E-state index is 9.22. The molecule has 1 heterocycles. The number of hydrogen-bond acceptors (Lipinski definition) is 4. The first-order valence-electron chi connectivity index (χ1n) is 6.71. The predicted octanol–water partition coefficient (Wildman–Crippen LogP) is 2.91. The van der Waals surface area contributed by atoms with Crippen molar-refractivity contribution in [3.8, 4) is 11.9 Å². The van der Waals surface area contributed by atoms with E-state index in [0.717, 1.165) is 36.9 Å². The molecule has 4 heteroatoms. The van der Waals surface area contributed by atoms with Crippen LogP contribution in [0, 0.1) is 25.2 Å². The lowest BCUT2D eigenvalue weighted by Crippen LogP contribution is -2.30. The Labute approximate surface area is 114 Å². The van der Waals surface area contributed by atoms with Gasteiger partial charge in [-0.05, 0) is 44.7 Å². The molecular weight excluding hydrogens is 240 g/mol. The van der Waals surface area contributed by atoms with E-state index < -0.39 is 0 Å². The molecule has 1 saturated carbocycles. The van der Waals surface area contributed by atoms with Crippen molar-refractivity contribution in [1.82, 2.24) is 4.98 Å². The maximum Gasteiger partial charge on any atom is 0.232 e. The molecule has 2 rings (SSSR count). The minimum atomic E-state index is 0.0968. The minimum Gasteiger partial charge on any atom is -0.473 e. The number of nitrogens with zero attached hydrogens (tertiary/aromatic N) is 2. The quantitative estimate of drug-likeness (QED) is 0.838. The van der Waals surface area contributed by atoms with Gasteiger partial charge in [-0.2, -0.15) is 5.26 Å². The van der Waals surface area contributed by atoms with Gasteiger partial charge < -0.3 is 9.47 Å². The Hall–Kier alpha value is -1.60. The molecule has 0 aliphatic heterocycles. The molecular formula is C15H20N2O2. The van der Waals surface area contributed by atoms with Crippen LogP contribution >= 0.6 is 0 Å². The minimum absolute atomic E-state index is 0.0968. The molecule has 1 aromatic rings. The van der Waals surface area contributed by atoms with Crippen molar-refractivity contribution in [2.45, 2.75) is 51.7 Å². The van der Waals surface area contributed by atoms with Crippen LogP contribution in [0.15, 0.2) is 6.07 Å². The number of ether oxygens (including phenoxy) is 2. The number of nitriles is 1. The molecule has 0 amide bonds. The van der Waals surface area contributed by atoms with Crippen LogP contribution in [0.1, 0.15) is 42.5 Å². The van der Waals surface area contributed by atoms with E-state index in [4.69, 9.17) is 9.47 Å². The van der Waals surface area contributed by atoms with Crippen molar-refractivity contribution >= 4 is 0 Å². The zero-order valence-electron chi connectivity index (χ0n) is 11.8. The first kappa shape index (κ1) is 13.8. The van der Waals surface area contributed by atoms with Gasteiger partial charge >= 0.3 is 0 Å². The highest BCUT2D eigenvalue weighted by molar-refractivity contribution is 5.45. The molecule has 19 heavy (non-hydrogen) atoms. The molecule has 1 aliphatic rings. The van der Waals surface area contributed by atoms with Crippen LogP contribution < -0.4 is 4.74 Å². The van der Waals surface area contributed by atoms with Crippen LogP contribution in [-0.4, -0.2) is 24.3 Å². The number of aromatic nitrogens is 1. The molecule has 0 aromatic carbocycles. The lowest BCUT2D eigenvalue weighted by atomic mass is 9.95. The highest BCUT2D eigenvalue weighted by Gasteiger charge is 2.24. The lowest BCUT2D eigenvalue weighted by molar-refractivity contribution is 0.0193. The van der Waals surface area contributed by atoms with Gasteiger partial charge in [-0.3, -0.25) is 0 Å². The van der Waals surface area contributed by atoms with Gasteiger partial charge in [0.2, 0.25) is 5.88 Å². The Morgan fingerprint density at radius 1 is 1.32 bits per heavy atom. The smallest absolute Gasteiger partial charge is 0.232 e. The third kappa shape index (κ3) is 3.24. The van der Waals surface area contributed by atoms with Crippen molar-refractivity contribution < 1.29 is 9.47 Å². The summed E-state index contributed by atoms with van der Waals surface area (Å²) in [7, 11) is 1.74. The Kier molecular flexibility index (Phi) is 4.39. The Morgan fingerprint density at radius 2 is 2.05 bits per heavy atom. The number of hydrogen-bond donors (Lipinski definition) is 0. The van der Waals surface area contributed by atoms with Gasteiger partial charge in [0.15, 0.2) is 0 Å².